The predicted octanol–water partition coefficient (Wildman–Crippen LogP) is 1.26. The van der Waals surface area contributed by atoms with Crippen LogP contribution in [0.25, 0.3) is 0 Å². The van der Waals surface area contributed by atoms with Crippen molar-refractivity contribution in [1.29, 1.82) is 0 Å². The maximum Gasteiger partial charge on any atom is 0.254 e. The van der Waals surface area contributed by atoms with E-state index >= 15 is 0 Å². The van der Waals surface area contributed by atoms with Gasteiger partial charge < -0.3 is 20.1 Å². The van der Waals surface area contributed by atoms with E-state index in [1.807, 2.05) is 0 Å². The minimum Gasteiger partial charge on any atom is -0.396 e. The van der Waals surface area contributed by atoms with E-state index in [1.54, 1.807) is 18.3 Å². The number of carbonyl (C=O) groups is 1. The SMILES string of the molecule is O=C(NC[C@@]1(CCO)CCOC1)c1ccc[nH]c1=S. The van der Waals surface area contributed by atoms with Gasteiger partial charge in [0.15, 0.2) is 0 Å². The van der Waals surface area contributed by atoms with Gasteiger partial charge >= 0.3 is 0 Å². The Morgan fingerprint density at radius 2 is 2.47 bits per heavy atom. The average molecular weight is 282 g/mol. The topological polar surface area (TPSA) is 74.3 Å². The summed E-state index contributed by atoms with van der Waals surface area (Å²) in [6.07, 6.45) is 3.18. The van der Waals surface area contributed by atoms with Gasteiger partial charge in [0.1, 0.15) is 4.64 Å². The first kappa shape index (κ1) is 14.2. The molecule has 1 saturated heterocycles. The van der Waals surface area contributed by atoms with Crippen molar-refractivity contribution in [3.8, 4) is 0 Å². The van der Waals surface area contributed by atoms with Gasteiger partial charge in [-0.1, -0.05) is 12.2 Å². The van der Waals surface area contributed by atoms with Crippen LogP contribution >= 0.6 is 12.2 Å². The number of hydrogen-bond acceptors (Lipinski definition) is 4. The van der Waals surface area contributed by atoms with Crippen LogP contribution in [0.4, 0.5) is 0 Å². The van der Waals surface area contributed by atoms with Crippen LogP contribution < -0.4 is 5.32 Å². The van der Waals surface area contributed by atoms with Crippen LogP contribution in [0.5, 0.6) is 0 Å². The molecule has 1 aliphatic rings. The molecule has 1 atom stereocenters. The Morgan fingerprint density at radius 1 is 1.63 bits per heavy atom. The van der Waals surface area contributed by atoms with Gasteiger partial charge in [-0.25, -0.2) is 0 Å². The number of hydrogen-bond donors (Lipinski definition) is 3. The van der Waals surface area contributed by atoms with E-state index in [4.69, 9.17) is 22.1 Å². The third kappa shape index (κ3) is 3.40. The van der Waals surface area contributed by atoms with E-state index in [0.717, 1.165) is 6.42 Å². The van der Waals surface area contributed by atoms with Gasteiger partial charge in [0.2, 0.25) is 0 Å². The molecule has 2 heterocycles. The molecule has 1 fully saturated rings. The quantitative estimate of drug-likeness (QED) is 0.711. The number of nitrogens with one attached hydrogen (secondary N) is 2. The zero-order chi connectivity index (χ0) is 13.7. The van der Waals surface area contributed by atoms with Crippen molar-refractivity contribution in [2.45, 2.75) is 12.8 Å². The summed E-state index contributed by atoms with van der Waals surface area (Å²) < 4.78 is 5.82. The number of aromatic amines is 1. The monoisotopic (exact) mass is 282 g/mol. The summed E-state index contributed by atoms with van der Waals surface area (Å²) in [7, 11) is 0. The second-order valence-electron chi connectivity index (χ2n) is 4.87. The largest absolute Gasteiger partial charge is 0.396 e. The highest BCUT2D eigenvalue weighted by atomic mass is 32.1. The number of pyridine rings is 1. The van der Waals surface area contributed by atoms with Crippen molar-refractivity contribution in [3.63, 3.8) is 0 Å². The summed E-state index contributed by atoms with van der Waals surface area (Å²) in [6, 6.07) is 3.44. The lowest BCUT2D eigenvalue weighted by molar-refractivity contribution is 0.0888. The van der Waals surface area contributed by atoms with E-state index in [-0.39, 0.29) is 17.9 Å². The van der Waals surface area contributed by atoms with Crippen molar-refractivity contribution in [1.82, 2.24) is 10.3 Å². The standard InChI is InChI=1S/C13H18N2O3S/c16-6-3-13(4-7-18-9-13)8-15-11(17)10-2-1-5-14-12(10)19/h1-2,5,16H,3-4,6-9H2,(H,14,19)(H,15,17)/t13-/m1/s1. The second-order valence-corrected chi connectivity index (χ2v) is 5.28. The first-order valence-corrected chi connectivity index (χ1v) is 6.72. The Kier molecular flexibility index (Phi) is 4.68. The molecule has 0 bridgehead atoms. The number of amides is 1. The number of aliphatic hydroxyl groups is 1. The van der Waals surface area contributed by atoms with Gasteiger partial charge in [-0.05, 0) is 25.0 Å². The summed E-state index contributed by atoms with van der Waals surface area (Å²) >= 11 is 5.08. The highest BCUT2D eigenvalue weighted by Crippen LogP contribution is 2.31. The third-order valence-corrected chi connectivity index (χ3v) is 3.85. The molecule has 0 unspecified atom stereocenters. The minimum atomic E-state index is -0.189. The maximum absolute atomic E-state index is 12.1. The van der Waals surface area contributed by atoms with Crippen molar-refractivity contribution < 1.29 is 14.6 Å². The van der Waals surface area contributed by atoms with Gasteiger partial charge in [0.25, 0.3) is 5.91 Å². The zero-order valence-electron chi connectivity index (χ0n) is 10.6. The molecule has 3 N–H and O–H groups in total. The fourth-order valence-electron chi connectivity index (χ4n) is 2.28. The molecule has 0 spiro atoms. The summed E-state index contributed by atoms with van der Waals surface area (Å²) in [6.45, 7) is 1.86. The van der Waals surface area contributed by atoms with Crippen LogP contribution in [0, 0.1) is 10.1 Å². The number of H-pyrrole nitrogens is 1. The Balaban J connectivity index is 2.00. The Labute approximate surface area is 117 Å². The van der Waals surface area contributed by atoms with Crippen molar-refractivity contribution >= 4 is 18.1 Å². The second kappa shape index (κ2) is 6.27. The van der Waals surface area contributed by atoms with Crippen LogP contribution in [0.2, 0.25) is 0 Å². The van der Waals surface area contributed by atoms with Crippen molar-refractivity contribution in [3.05, 3.63) is 28.5 Å². The summed E-state index contributed by atoms with van der Waals surface area (Å²) in [5.74, 6) is -0.189. The number of aromatic nitrogens is 1. The van der Waals surface area contributed by atoms with Crippen LogP contribution in [0.15, 0.2) is 18.3 Å². The van der Waals surface area contributed by atoms with Gasteiger partial charge in [0, 0.05) is 31.4 Å². The lowest BCUT2D eigenvalue weighted by Gasteiger charge is -2.26. The molecular weight excluding hydrogens is 264 g/mol. The number of rotatable bonds is 5. The lowest BCUT2D eigenvalue weighted by Crippen LogP contribution is -2.38. The molecule has 6 heteroatoms. The van der Waals surface area contributed by atoms with Gasteiger partial charge in [0.05, 0.1) is 12.2 Å². The van der Waals surface area contributed by atoms with Crippen molar-refractivity contribution in [2.24, 2.45) is 5.41 Å². The van der Waals surface area contributed by atoms with E-state index in [9.17, 15) is 4.79 Å². The fraction of sp³-hybridized carbons (Fsp3) is 0.538. The molecule has 1 aromatic rings. The molecular formula is C13H18N2O3S. The first-order valence-electron chi connectivity index (χ1n) is 6.31. The molecule has 0 radical (unpaired) electrons. The molecule has 0 aromatic carbocycles. The number of carbonyl (C=O) groups excluding carboxylic acids is 1. The van der Waals surface area contributed by atoms with Crippen LogP contribution in [-0.2, 0) is 4.74 Å². The van der Waals surface area contributed by atoms with Crippen molar-refractivity contribution in [2.75, 3.05) is 26.4 Å². The first-order chi connectivity index (χ1) is 9.17. The minimum absolute atomic E-state index is 0.102. The molecule has 0 aliphatic carbocycles. The van der Waals surface area contributed by atoms with Crippen LogP contribution in [-0.4, -0.2) is 42.4 Å². The average Bonchev–Trinajstić information content (AvgIpc) is 2.86. The van der Waals surface area contributed by atoms with Gasteiger partial charge in [-0.15, -0.1) is 0 Å². The molecule has 2 rings (SSSR count). The molecule has 104 valence electrons. The van der Waals surface area contributed by atoms with Crippen LogP contribution in [0.3, 0.4) is 0 Å². The van der Waals surface area contributed by atoms with E-state index < -0.39 is 0 Å². The smallest absolute Gasteiger partial charge is 0.254 e. The van der Waals surface area contributed by atoms with E-state index in [0.29, 0.717) is 36.4 Å². The Bertz CT molecular complexity index is 495. The van der Waals surface area contributed by atoms with Gasteiger partial charge in [-0.2, -0.15) is 0 Å². The molecule has 0 saturated carbocycles. The fourth-order valence-corrected chi connectivity index (χ4v) is 2.50. The summed E-state index contributed by atoms with van der Waals surface area (Å²) in [5, 5.41) is 12.0. The Hall–Kier alpha value is -1.24. The highest BCUT2D eigenvalue weighted by molar-refractivity contribution is 7.71. The summed E-state index contributed by atoms with van der Waals surface area (Å²) in [5.41, 5.74) is 0.320. The third-order valence-electron chi connectivity index (χ3n) is 3.51. The Morgan fingerprint density at radius 3 is 3.11 bits per heavy atom. The predicted molar refractivity (Wildman–Crippen MR) is 73.5 cm³/mol. The molecule has 1 amide bonds. The number of ether oxygens (including phenoxy) is 1. The maximum atomic E-state index is 12.1. The zero-order valence-corrected chi connectivity index (χ0v) is 11.5. The lowest BCUT2D eigenvalue weighted by atomic mass is 9.84. The molecule has 19 heavy (non-hydrogen) atoms. The molecule has 1 aromatic heterocycles. The number of aliphatic hydroxyl groups excluding tert-OH is 1. The molecule has 1 aliphatic heterocycles. The van der Waals surface area contributed by atoms with E-state index in [2.05, 4.69) is 10.3 Å². The highest BCUT2D eigenvalue weighted by Gasteiger charge is 2.34. The summed E-state index contributed by atoms with van der Waals surface area (Å²) in [4.78, 5) is 14.9. The molecule has 5 nitrogen and oxygen atoms in total. The van der Waals surface area contributed by atoms with E-state index in [1.165, 1.54) is 0 Å². The van der Waals surface area contributed by atoms with Gasteiger partial charge in [-0.3, -0.25) is 4.79 Å². The normalized spacial score (nSPS) is 22.4. The van der Waals surface area contributed by atoms with Crippen LogP contribution in [0.1, 0.15) is 23.2 Å².